The number of ether oxygens (including phenoxy) is 2. The molecule has 0 atom stereocenters. The van der Waals surface area contributed by atoms with Crippen LogP contribution in [-0.4, -0.2) is 35.1 Å². The summed E-state index contributed by atoms with van der Waals surface area (Å²) in [6.45, 7) is 3.90. The number of nitrogens with zero attached hydrogens (tertiary/aromatic N) is 3. The van der Waals surface area contributed by atoms with Crippen molar-refractivity contribution in [1.29, 1.82) is 0 Å². The van der Waals surface area contributed by atoms with E-state index in [0.29, 0.717) is 19.1 Å². The standard InChI is InChI=1S/C13H18N4O2/c1-3-19-13-6-4-5-12(16-13)15-11-9-14-17(10-11)7-8-18-2/h4-6,9-10H,3,7-8H2,1-2H3,(H,15,16). The van der Waals surface area contributed by atoms with Crippen LogP contribution in [0.2, 0.25) is 0 Å². The third-order valence-electron chi connectivity index (χ3n) is 2.45. The van der Waals surface area contributed by atoms with Crippen LogP contribution in [0.15, 0.2) is 30.6 Å². The number of hydrogen-bond acceptors (Lipinski definition) is 5. The number of nitrogens with one attached hydrogen (secondary N) is 1. The second kappa shape index (κ2) is 6.75. The normalized spacial score (nSPS) is 10.4. The summed E-state index contributed by atoms with van der Waals surface area (Å²) < 4.78 is 12.2. The molecule has 6 heteroatoms. The predicted molar refractivity (Wildman–Crippen MR) is 72.8 cm³/mol. The molecule has 1 N–H and O–H groups in total. The van der Waals surface area contributed by atoms with Gasteiger partial charge in [-0.25, -0.2) is 0 Å². The Morgan fingerprint density at radius 3 is 3.05 bits per heavy atom. The zero-order valence-corrected chi connectivity index (χ0v) is 11.2. The summed E-state index contributed by atoms with van der Waals surface area (Å²) >= 11 is 0. The Labute approximate surface area is 112 Å². The van der Waals surface area contributed by atoms with Crippen LogP contribution in [0.3, 0.4) is 0 Å². The van der Waals surface area contributed by atoms with E-state index in [1.165, 1.54) is 0 Å². The molecule has 2 heterocycles. The molecule has 0 amide bonds. The second-order valence-corrected chi connectivity index (χ2v) is 3.90. The topological polar surface area (TPSA) is 61.2 Å². The van der Waals surface area contributed by atoms with Gasteiger partial charge >= 0.3 is 0 Å². The molecule has 2 rings (SSSR count). The van der Waals surface area contributed by atoms with Crippen LogP contribution in [0.25, 0.3) is 0 Å². The van der Waals surface area contributed by atoms with E-state index in [9.17, 15) is 0 Å². The molecule has 0 aromatic carbocycles. The highest BCUT2D eigenvalue weighted by atomic mass is 16.5. The fourth-order valence-electron chi connectivity index (χ4n) is 1.60. The van der Waals surface area contributed by atoms with Gasteiger partial charge < -0.3 is 14.8 Å². The summed E-state index contributed by atoms with van der Waals surface area (Å²) in [6, 6.07) is 5.61. The van der Waals surface area contributed by atoms with E-state index < -0.39 is 0 Å². The van der Waals surface area contributed by atoms with Crippen LogP contribution in [0.5, 0.6) is 5.88 Å². The van der Waals surface area contributed by atoms with E-state index in [1.54, 1.807) is 13.3 Å². The van der Waals surface area contributed by atoms with Crippen molar-refractivity contribution in [1.82, 2.24) is 14.8 Å². The van der Waals surface area contributed by atoms with Crippen molar-refractivity contribution in [2.24, 2.45) is 0 Å². The first-order valence-electron chi connectivity index (χ1n) is 6.20. The lowest BCUT2D eigenvalue weighted by atomic mass is 10.4. The van der Waals surface area contributed by atoms with Crippen LogP contribution < -0.4 is 10.1 Å². The highest BCUT2D eigenvalue weighted by molar-refractivity contribution is 5.54. The Bertz CT molecular complexity index is 513. The SMILES string of the molecule is CCOc1cccc(Nc2cnn(CCOC)c2)n1. The molecule has 0 bridgehead atoms. The number of aromatic nitrogens is 3. The van der Waals surface area contributed by atoms with Crippen LogP contribution >= 0.6 is 0 Å². The minimum Gasteiger partial charge on any atom is -0.478 e. The van der Waals surface area contributed by atoms with Gasteiger partial charge in [0.2, 0.25) is 5.88 Å². The lowest BCUT2D eigenvalue weighted by Gasteiger charge is -2.05. The van der Waals surface area contributed by atoms with Gasteiger partial charge in [0, 0.05) is 19.4 Å². The minimum atomic E-state index is 0.603. The highest BCUT2D eigenvalue weighted by Crippen LogP contribution is 2.16. The van der Waals surface area contributed by atoms with E-state index in [1.807, 2.05) is 36.0 Å². The van der Waals surface area contributed by atoms with E-state index >= 15 is 0 Å². The lowest BCUT2D eigenvalue weighted by Crippen LogP contribution is -2.04. The lowest BCUT2D eigenvalue weighted by molar-refractivity contribution is 0.183. The zero-order chi connectivity index (χ0) is 13.5. The minimum absolute atomic E-state index is 0.603. The molecule has 0 spiro atoms. The number of pyridine rings is 1. The Balaban J connectivity index is 2.00. The van der Waals surface area contributed by atoms with Gasteiger partial charge in [-0.15, -0.1) is 0 Å². The summed E-state index contributed by atoms with van der Waals surface area (Å²) in [5, 5.41) is 7.41. The van der Waals surface area contributed by atoms with Gasteiger partial charge in [-0.1, -0.05) is 6.07 Å². The van der Waals surface area contributed by atoms with Gasteiger partial charge in [-0.2, -0.15) is 10.1 Å². The maximum Gasteiger partial charge on any atom is 0.215 e. The first-order valence-corrected chi connectivity index (χ1v) is 6.20. The number of rotatable bonds is 7. The van der Waals surface area contributed by atoms with Crippen LogP contribution in [0.4, 0.5) is 11.5 Å². The monoisotopic (exact) mass is 262 g/mol. The van der Waals surface area contributed by atoms with Crippen molar-refractivity contribution >= 4 is 11.5 Å². The molecule has 19 heavy (non-hydrogen) atoms. The molecule has 102 valence electrons. The summed E-state index contributed by atoms with van der Waals surface area (Å²) in [7, 11) is 1.67. The second-order valence-electron chi connectivity index (χ2n) is 3.90. The summed E-state index contributed by atoms with van der Waals surface area (Å²) in [5.41, 5.74) is 0.886. The smallest absolute Gasteiger partial charge is 0.215 e. The van der Waals surface area contributed by atoms with E-state index in [2.05, 4.69) is 15.4 Å². The van der Waals surface area contributed by atoms with Gasteiger partial charge in [0.1, 0.15) is 5.82 Å². The molecule has 0 radical (unpaired) electrons. The zero-order valence-electron chi connectivity index (χ0n) is 11.2. The number of hydrogen-bond donors (Lipinski definition) is 1. The quantitative estimate of drug-likeness (QED) is 0.827. The fourth-order valence-corrected chi connectivity index (χ4v) is 1.60. The van der Waals surface area contributed by atoms with Crippen LogP contribution in [0.1, 0.15) is 6.92 Å². The Morgan fingerprint density at radius 2 is 2.26 bits per heavy atom. The fraction of sp³-hybridized carbons (Fsp3) is 0.385. The maximum absolute atomic E-state index is 5.35. The number of anilines is 2. The van der Waals surface area contributed by atoms with Gasteiger partial charge in [-0.05, 0) is 13.0 Å². The van der Waals surface area contributed by atoms with Gasteiger partial charge in [0.05, 0.1) is 31.6 Å². The Kier molecular flexibility index (Phi) is 4.74. The largest absolute Gasteiger partial charge is 0.478 e. The van der Waals surface area contributed by atoms with E-state index in [4.69, 9.17) is 9.47 Å². The predicted octanol–water partition coefficient (Wildman–Crippen LogP) is 2.07. The van der Waals surface area contributed by atoms with Gasteiger partial charge in [0.15, 0.2) is 0 Å². The highest BCUT2D eigenvalue weighted by Gasteiger charge is 2.01. The first kappa shape index (κ1) is 13.4. The molecule has 2 aromatic heterocycles. The molecule has 0 fully saturated rings. The molecule has 6 nitrogen and oxygen atoms in total. The Hall–Kier alpha value is -2.08. The molecule has 0 aliphatic heterocycles. The summed E-state index contributed by atoms with van der Waals surface area (Å²) in [4.78, 5) is 4.33. The Morgan fingerprint density at radius 1 is 1.37 bits per heavy atom. The average molecular weight is 262 g/mol. The van der Waals surface area contributed by atoms with E-state index in [-0.39, 0.29) is 0 Å². The maximum atomic E-state index is 5.35. The van der Waals surface area contributed by atoms with Crippen molar-refractivity contribution in [3.05, 3.63) is 30.6 Å². The molecular formula is C13H18N4O2. The molecule has 0 unspecified atom stereocenters. The van der Waals surface area contributed by atoms with Crippen molar-refractivity contribution in [3.63, 3.8) is 0 Å². The van der Waals surface area contributed by atoms with Crippen LogP contribution in [0, 0.1) is 0 Å². The third-order valence-corrected chi connectivity index (χ3v) is 2.45. The van der Waals surface area contributed by atoms with Crippen molar-refractivity contribution in [3.8, 4) is 5.88 Å². The summed E-state index contributed by atoms with van der Waals surface area (Å²) in [6.07, 6.45) is 3.67. The number of methoxy groups -OCH3 is 1. The van der Waals surface area contributed by atoms with Gasteiger partial charge in [-0.3, -0.25) is 4.68 Å². The van der Waals surface area contributed by atoms with Crippen LogP contribution in [-0.2, 0) is 11.3 Å². The van der Waals surface area contributed by atoms with Crippen molar-refractivity contribution in [2.75, 3.05) is 25.6 Å². The van der Waals surface area contributed by atoms with E-state index in [0.717, 1.165) is 18.1 Å². The summed E-state index contributed by atoms with van der Waals surface area (Å²) in [5.74, 6) is 1.34. The average Bonchev–Trinajstić information content (AvgIpc) is 2.85. The third kappa shape index (κ3) is 3.96. The van der Waals surface area contributed by atoms with Gasteiger partial charge in [0.25, 0.3) is 0 Å². The van der Waals surface area contributed by atoms with Crippen molar-refractivity contribution in [2.45, 2.75) is 13.5 Å². The molecular weight excluding hydrogens is 244 g/mol. The molecule has 0 aliphatic rings. The first-order chi connectivity index (χ1) is 9.31. The van der Waals surface area contributed by atoms with Crippen molar-refractivity contribution < 1.29 is 9.47 Å². The molecule has 2 aromatic rings. The molecule has 0 saturated heterocycles. The molecule has 0 saturated carbocycles. The molecule has 0 aliphatic carbocycles.